The van der Waals surface area contributed by atoms with Crippen LogP contribution in [0.4, 0.5) is 4.79 Å². The van der Waals surface area contributed by atoms with Crippen molar-refractivity contribution in [2.45, 2.75) is 64.3 Å². The van der Waals surface area contributed by atoms with Crippen molar-refractivity contribution in [2.24, 2.45) is 11.8 Å². The molecule has 3 aromatic carbocycles. The van der Waals surface area contributed by atoms with Gasteiger partial charge in [-0.25, -0.2) is 14.6 Å². The molecule has 4 atom stereocenters. The molecule has 1 aliphatic carbocycles. The zero-order valence-electron chi connectivity index (χ0n) is 30.1. The number of aromatic nitrogens is 1. The molecule has 4 aromatic rings. The number of ether oxygens (including phenoxy) is 3. The van der Waals surface area contributed by atoms with Gasteiger partial charge in [0, 0.05) is 29.0 Å². The lowest BCUT2D eigenvalue weighted by atomic mass is 10.0. The molecule has 5 rings (SSSR count). The zero-order chi connectivity index (χ0) is 37.8. The van der Waals surface area contributed by atoms with E-state index in [2.05, 4.69) is 22.5 Å². The highest BCUT2D eigenvalue weighted by Crippen LogP contribution is 2.45. The number of nitrogens with zero attached hydrogens (tertiary/aromatic N) is 1. The lowest BCUT2D eigenvalue weighted by Gasteiger charge is -2.28. The number of carboxylic acid groups (broad SMARTS) is 1. The van der Waals surface area contributed by atoms with Crippen LogP contribution in [0.25, 0.3) is 22.2 Å². The molecule has 1 heterocycles. The number of carbonyl (C=O) groups excluding carboxylic acids is 3. The summed E-state index contributed by atoms with van der Waals surface area (Å²) < 4.78 is 17.2. The maximum Gasteiger partial charge on any atom is 0.408 e. The summed E-state index contributed by atoms with van der Waals surface area (Å²) in [5, 5.41) is 18.7. The highest BCUT2D eigenvalue weighted by atomic mass is 16.6. The van der Waals surface area contributed by atoms with Crippen LogP contribution in [0.3, 0.4) is 0 Å². The average molecular weight is 709 g/mol. The Morgan fingerprint density at radius 3 is 2.19 bits per heavy atom. The summed E-state index contributed by atoms with van der Waals surface area (Å²) in [6.07, 6.45) is 0.852. The first-order chi connectivity index (χ1) is 24.6. The van der Waals surface area contributed by atoms with Crippen LogP contribution in [0.2, 0.25) is 0 Å². The third-order valence-corrected chi connectivity index (χ3v) is 8.69. The minimum Gasteiger partial charge on any atom is -0.497 e. The lowest BCUT2D eigenvalue weighted by molar-refractivity contribution is -0.144. The van der Waals surface area contributed by atoms with E-state index in [0.717, 1.165) is 10.9 Å². The van der Waals surface area contributed by atoms with Crippen molar-refractivity contribution in [1.82, 2.24) is 20.9 Å². The van der Waals surface area contributed by atoms with Gasteiger partial charge in [-0.1, -0.05) is 62.4 Å². The van der Waals surface area contributed by atoms with Gasteiger partial charge in [0.25, 0.3) is 0 Å². The molecular formula is C40H44N4O8. The van der Waals surface area contributed by atoms with E-state index in [4.69, 9.17) is 19.2 Å². The number of fused-ring (bicyclic) bond motifs is 1. The number of methoxy groups -OCH3 is 1. The van der Waals surface area contributed by atoms with Crippen LogP contribution in [0.15, 0.2) is 91.5 Å². The summed E-state index contributed by atoms with van der Waals surface area (Å²) in [5.41, 5.74) is 0.256. The summed E-state index contributed by atoms with van der Waals surface area (Å²) in [6, 6.07) is 21.1. The molecule has 3 amide bonds. The van der Waals surface area contributed by atoms with Gasteiger partial charge in [-0.2, -0.15) is 0 Å². The normalized spacial score (nSPS) is 17.7. The molecule has 1 aliphatic rings. The first kappa shape index (κ1) is 37.3. The molecular weight excluding hydrogens is 664 g/mol. The second-order valence-corrected chi connectivity index (χ2v) is 14.0. The molecule has 1 saturated carbocycles. The first-order valence-electron chi connectivity index (χ1n) is 16.9. The zero-order valence-corrected chi connectivity index (χ0v) is 30.1. The molecule has 0 saturated heterocycles. The number of hydrogen-bond acceptors (Lipinski definition) is 8. The summed E-state index contributed by atoms with van der Waals surface area (Å²) in [4.78, 5) is 57.2. The molecule has 0 bridgehead atoms. The van der Waals surface area contributed by atoms with E-state index in [-0.39, 0.29) is 12.3 Å². The number of amides is 3. The number of hydrogen-bond donors (Lipinski definition) is 4. The van der Waals surface area contributed by atoms with Crippen LogP contribution in [-0.4, -0.2) is 58.3 Å². The maximum atomic E-state index is 13.9. The molecule has 12 nitrogen and oxygen atoms in total. The highest BCUT2D eigenvalue weighted by Gasteiger charge is 2.60. The van der Waals surface area contributed by atoms with Crippen LogP contribution in [0.5, 0.6) is 17.2 Å². The molecule has 1 fully saturated rings. The number of aliphatic carboxylic acids is 1. The lowest BCUT2D eigenvalue weighted by Crippen LogP contribution is -2.55. The number of carboxylic acids is 1. The van der Waals surface area contributed by atoms with Gasteiger partial charge in [0.2, 0.25) is 11.8 Å². The molecule has 52 heavy (non-hydrogen) atoms. The van der Waals surface area contributed by atoms with E-state index < -0.39 is 53.0 Å². The fourth-order valence-electron chi connectivity index (χ4n) is 5.81. The summed E-state index contributed by atoms with van der Waals surface area (Å²) in [5.74, 6) is -1.87. The van der Waals surface area contributed by atoms with Crippen molar-refractivity contribution in [2.75, 3.05) is 7.11 Å². The Balaban J connectivity index is 1.46. The Hall–Kier alpha value is -5.91. The predicted octanol–water partition coefficient (Wildman–Crippen LogP) is 6.55. The van der Waals surface area contributed by atoms with Gasteiger partial charge in [0.1, 0.15) is 40.5 Å². The maximum absolute atomic E-state index is 13.9. The number of alkyl carbamates (subject to hydrolysis) is 1. The van der Waals surface area contributed by atoms with Crippen LogP contribution >= 0.6 is 0 Å². The Bertz CT molecular complexity index is 1970. The number of benzene rings is 3. The average Bonchev–Trinajstić information content (AvgIpc) is 3.83. The third kappa shape index (κ3) is 8.51. The molecule has 12 heteroatoms. The molecule has 0 aliphatic heterocycles. The van der Waals surface area contributed by atoms with E-state index in [9.17, 15) is 24.3 Å². The van der Waals surface area contributed by atoms with Crippen LogP contribution in [0, 0.1) is 11.8 Å². The topological polar surface area (TPSA) is 165 Å². The molecule has 0 radical (unpaired) electrons. The van der Waals surface area contributed by atoms with E-state index in [1.54, 1.807) is 66.0 Å². The van der Waals surface area contributed by atoms with Crippen molar-refractivity contribution in [1.29, 1.82) is 0 Å². The van der Waals surface area contributed by atoms with Crippen molar-refractivity contribution < 1.29 is 38.5 Å². The van der Waals surface area contributed by atoms with Gasteiger partial charge >= 0.3 is 12.1 Å². The number of rotatable bonds is 13. The van der Waals surface area contributed by atoms with E-state index in [1.807, 2.05) is 54.6 Å². The standard InChI is InChI=1S/C40H44N4O8/c1-8-26-22-40(26,37(47)48)44-36(46)34(42-35(45)33(23(2)3)43-38(49)52-39(4,5)6)25-14-16-27(17-15-25)51-32-21-30(24-12-10-9-11-13-24)41-31-20-28(50-7)18-19-29(31)32/h8-21,23,26,33-34H,1,22H2,2-7H3,(H,42,45)(H,43,49)(H,44,46)(H,47,48)/t26-,33+,34+,40-/m1/s1. The van der Waals surface area contributed by atoms with Gasteiger partial charge < -0.3 is 35.3 Å². The largest absolute Gasteiger partial charge is 0.497 e. The molecule has 0 unspecified atom stereocenters. The van der Waals surface area contributed by atoms with Gasteiger partial charge in [0.15, 0.2) is 0 Å². The predicted molar refractivity (Wildman–Crippen MR) is 196 cm³/mol. The van der Waals surface area contributed by atoms with Gasteiger partial charge in [-0.3, -0.25) is 9.59 Å². The van der Waals surface area contributed by atoms with Crippen molar-refractivity contribution in [3.8, 4) is 28.5 Å². The van der Waals surface area contributed by atoms with Crippen LogP contribution in [0.1, 0.15) is 52.6 Å². The van der Waals surface area contributed by atoms with E-state index >= 15 is 0 Å². The van der Waals surface area contributed by atoms with Crippen LogP contribution in [-0.2, 0) is 19.1 Å². The summed E-state index contributed by atoms with van der Waals surface area (Å²) in [7, 11) is 1.58. The van der Waals surface area contributed by atoms with Crippen molar-refractivity contribution in [3.63, 3.8) is 0 Å². The van der Waals surface area contributed by atoms with Crippen LogP contribution < -0.4 is 25.4 Å². The smallest absolute Gasteiger partial charge is 0.408 e. The SMILES string of the molecule is C=C[C@@H]1C[C@]1(NC(=O)[C@@H](NC(=O)[C@@H](NC(=O)OC(C)(C)C)C(C)C)c1ccc(Oc2cc(-c3ccccc3)nc3cc(OC)ccc23)cc1)C(=O)O. The quantitative estimate of drug-likeness (QED) is 0.113. The molecule has 4 N–H and O–H groups in total. The van der Waals surface area contributed by atoms with Crippen molar-refractivity contribution >= 4 is 34.8 Å². The molecule has 1 aromatic heterocycles. The Morgan fingerprint density at radius 1 is 0.942 bits per heavy atom. The fourth-order valence-corrected chi connectivity index (χ4v) is 5.81. The Morgan fingerprint density at radius 2 is 1.62 bits per heavy atom. The van der Waals surface area contributed by atoms with E-state index in [1.165, 1.54) is 6.08 Å². The summed E-state index contributed by atoms with van der Waals surface area (Å²) >= 11 is 0. The number of nitrogens with one attached hydrogen (secondary N) is 3. The highest BCUT2D eigenvalue weighted by molar-refractivity contribution is 5.96. The Kier molecular flexibility index (Phi) is 10.9. The minimum atomic E-state index is -1.54. The number of pyridine rings is 1. The fraction of sp³-hybridized carbons (Fsp3) is 0.325. The van der Waals surface area contributed by atoms with Gasteiger partial charge in [-0.15, -0.1) is 6.58 Å². The monoisotopic (exact) mass is 708 g/mol. The van der Waals surface area contributed by atoms with Crippen molar-refractivity contribution in [3.05, 3.63) is 97.1 Å². The summed E-state index contributed by atoms with van der Waals surface area (Å²) in [6.45, 7) is 12.3. The number of carbonyl (C=O) groups is 4. The third-order valence-electron chi connectivity index (χ3n) is 8.69. The second kappa shape index (κ2) is 15.1. The van der Waals surface area contributed by atoms with Gasteiger partial charge in [-0.05, 0) is 62.9 Å². The Labute approximate surface area is 302 Å². The molecule has 0 spiro atoms. The minimum absolute atomic E-state index is 0.163. The van der Waals surface area contributed by atoms with Gasteiger partial charge in [0.05, 0.1) is 18.3 Å². The molecule has 272 valence electrons. The first-order valence-corrected chi connectivity index (χ1v) is 16.9. The van der Waals surface area contributed by atoms with E-state index in [0.29, 0.717) is 34.0 Å². The second-order valence-electron chi connectivity index (χ2n) is 14.0.